The van der Waals surface area contributed by atoms with Crippen LogP contribution in [0.5, 0.6) is 23.0 Å². The average molecular weight is 511 g/mol. The van der Waals surface area contributed by atoms with E-state index in [1.807, 2.05) is 30.3 Å². The number of ether oxygens (including phenoxy) is 5. The molecular weight excluding hydrogens is 472 g/mol. The molecular formula is C30H38O7. The van der Waals surface area contributed by atoms with Gasteiger partial charge in [-0.3, -0.25) is 0 Å². The molecule has 6 rings (SSSR count). The lowest BCUT2D eigenvalue weighted by molar-refractivity contribution is -0.0892. The first-order valence-electron chi connectivity index (χ1n) is 13.9. The number of fused-ring (bicyclic) bond motifs is 4. The summed E-state index contributed by atoms with van der Waals surface area (Å²) in [6.45, 7) is 1.61. The topological polar surface area (TPSA) is 86.6 Å². The van der Waals surface area contributed by atoms with Crippen LogP contribution in [0.4, 0.5) is 0 Å². The van der Waals surface area contributed by atoms with E-state index >= 15 is 0 Å². The third-order valence-corrected chi connectivity index (χ3v) is 8.54. The van der Waals surface area contributed by atoms with Gasteiger partial charge in [0, 0.05) is 42.2 Å². The van der Waals surface area contributed by atoms with Gasteiger partial charge in [-0.15, -0.1) is 0 Å². The maximum absolute atomic E-state index is 11.9. The van der Waals surface area contributed by atoms with Crippen LogP contribution in [0, 0.1) is 11.8 Å². The van der Waals surface area contributed by atoms with Crippen molar-refractivity contribution >= 4 is 0 Å². The average Bonchev–Trinajstić information content (AvgIpc) is 3.43. The van der Waals surface area contributed by atoms with Gasteiger partial charge in [-0.05, 0) is 81.7 Å². The largest absolute Gasteiger partial charge is 0.493 e. The van der Waals surface area contributed by atoms with E-state index in [0.29, 0.717) is 37.7 Å². The zero-order valence-corrected chi connectivity index (χ0v) is 21.6. The quantitative estimate of drug-likeness (QED) is 0.512. The Kier molecular flexibility index (Phi) is 7.19. The standard InChI is InChI=1S/C30H38O7/c1-33-14-5-9-25-28(30(32)27-20-8-4-15-34-23(20)12-13-26(27)37-25)22-17-35-24-11-10-19(16-21(24)29(22)31)36-18-6-2-3-7-18/h10-13,16,18,22,25,28-32H,2-9,14-15,17H2,1H3. The summed E-state index contributed by atoms with van der Waals surface area (Å²) in [6.07, 6.45) is 6.16. The summed E-state index contributed by atoms with van der Waals surface area (Å²) in [5.74, 6) is 2.29. The van der Waals surface area contributed by atoms with E-state index in [-0.39, 0.29) is 24.0 Å². The third-order valence-electron chi connectivity index (χ3n) is 8.54. The van der Waals surface area contributed by atoms with Gasteiger partial charge < -0.3 is 33.9 Å². The lowest BCUT2D eigenvalue weighted by Gasteiger charge is -2.45. The molecule has 1 saturated carbocycles. The second kappa shape index (κ2) is 10.7. The number of hydrogen-bond donors (Lipinski definition) is 2. The highest BCUT2D eigenvalue weighted by Crippen LogP contribution is 2.52. The van der Waals surface area contributed by atoms with Gasteiger partial charge in [-0.2, -0.15) is 0 Å². The summed E-state index contributed by atoms with van der Waals surface area (Å²) in [7, 11) is 1.69. The van der Waals surface area contributed by atoms with Gasteiger partial charge in [0.15, 0.2) is 0 Å². The van der Waals surface area contributed by atoms with E-state index in [1.54, 1.807) is 7.11 Å². The maximum atomic E-state index is 11.9. The van der Waals surface area contributed by atoms with E-state index in [9.17, 15) is 10.2 Å². The van der Waals surface area contributed by atoms with Gasteiger partial charge in [-0.1, -0.05) is 0 Å². The molecule has 200 valence electrons. The minimum Gasteiger partial charge on any atom is -0.493 e. The second-order valence-corrected chi connectivity index (χ2v) is 10.9. The molecule has 3 heterocycles. The Morgan fingerprint density at radius 1 is 0.946 bits per heavy atom. The van der Waals surface area contributed by atoms with Gasteiger partial charge in [0.1, 0.15) is 29.1 Å². The second-order valence-electron chi connectivity index (χ2n) is 10.9. The molecule has 0 radical (unpaired) electrons. The lowest BCUT2D eigenvalue weighted by Crippen LogP contribution is -2.46. The first-order chi connectivity index (χ1) is 18.1. The van der Waals surface area contributed by atoms with Gasteiger partial charge >= 0.3 is 0 Å². The third kappa shape index (κ3) is 4.77. The molecule has 5 unspecified atom stereocenters. The van der Waals surface area contributed by atoms with E-state index in [0.717, 1.165) is 60.3 Å². The van der Waals surface area contributed by atoms with Crippen molar-refractivity contribution in [2.75, 3.05) is 26.9 Å². The summed E-state index contributed by atoms with van der Waals surface area (Å²) in [5, 5.41) is 23.6. The van der Waals surface area contributed by atoms with Gasteiger partial charge in [0.2, 0.25) is 0 Å². The van der Waals surface area contributed by atoms with Crippen molar-refractivity contribution in [1.82, 2.24) is 0 Å². The summed E-state index contributed by atoms with van der Waals surface area (Å²) >= 11 is 0. The van der Waals surface area contributed by atoms with Crippen LogP contribution >= 0.6 is 0 Å². The monoisotopic (exact) mass is 510 g/mol. The van der Waals surface area contributed by atoms with Gasteiger partial charge in [-0.25, -0.2) is 0 Å². The molecule has 1 aliphatic carbocycles. The number of hydrogen-bond acceptors (Lipinski definition) is 7. The molecule has 7 nitrogen and oxygen atoms in total. The highest BCUT2D eigenvalue weighted by atomic mass is 16.5. The molecule has 0 bridgehead atoms. The Hall–Kier alpha value is -2.48. The number of aliphatic hydroxyl groups is 2. The fourth-order valence-corrected chi connectivity index (χ4v) is 6.69. The van der Waals surface area contributed by atoms with Crippen molar-refractivity contribution in [2.45, 2.75) is 75.8 Å². The molecule has 7 heteroatoms. The molecule has 5 atom stereocenters. The number of rotatable bonds is 7. The SMILES string of the molecule is COCCCC1Oc2ccc3c(c2C(O)C1C1COc2ccc(OC4CCCC4)cc2C1O)CCCO3. The first-order valence-corrected chi connectivity index (χ1v) is 13.9. The van der Waals surface area contributed by atoms with Gasteiger partial charge in [0.25, 0.3) is 0 Å². The molecule has 0 saturated heterocycles. The minimum absolute atomic E-state index is 0.235. The highest BCUT2D eigenvalue weighted by Gasteiger charge is 2.48. The zero-order valence-electron chi connectivity index (χ0n) is 21.6. The Morgan fingerprint density at radius 3 is 2.59 bits per heavy atom. The van der Waals surface area contributed by atoms with Crippen LogP contribution in [0.1, 0.15) is 73.8 Å². The van der Waals surface area contributed by atoms with Crippen LogP contribution in [0.15, 0.2) is 30.3 Å². The Labute approximate surface area is 218 Å². The van der Waals surface area contributed by atoms with Crippen LogP contribution < -0.4 is 18.9 Å². The molecule has 2 N–H and O–H groups in total. The van der Waals surface area contributed by atoms with Crippen LogP contribution in [0.3, 0.4) is 0 Å². The minimum atomic E-state index is -0.804. The predicted octanol–water partition coefficient (Wildman–Crippen LogP) is 4.91. The fourth-order valence-electron chi connectivity index (χ4n) is 6.69. The Balaban J connectivity index is 1.31. The molecule has 4 aliphatic rings. The molecule has 2 aromatic rings. The van der Waals surface area contributed by atoms with Crippen LogP contribution in [0.2, 0.25) is 0 Å². The predicted molar refractivity (Wildman–Crippen MR) is 138 cm³/mol. The van der Waals surface area contributed by atoms with Crippen LogP contribution in [0.25, 0.3) is 0 Å². The van der Waals surface area contributed by atoms with Crippen molar-refractivity contribution in [3.05, 3.63) is 47.0 Å². The number of benzene rings is 2. The summed E-state index contributed by atoms with van der Waals surface area (Å²) < 4.78 is 30.1. The molecule has 1 fully saturated rings. The molecule has 2 aromatic carbocycles. The smallest absolute Gasteiger partial charge is 0.126 e. The van der Waals surface area contributed by atoms with E-state index < -0.39 is 12.2 Å². The molecule has 0 amide bonds. The normalized spacial score (nSPS) is 28.8. The highest BCUT2D eigenvalue weighted by molar-refractivity contribution is 5.52. The maximum Gasteiger partial charge on any atom is 0.126 e. The van der Waals surface area contributed by atoms with Crippen molar-refractivity contribution in [3.8, 4) is 23.0 Å². The Bertz CT molecular complexity index is 1100. The number of methoxy groups -OCH3 is 1. The molecule has 0 aromatic heterocycles. The van der Waals surface area contributed by atoms with E-state index in [1.165, 1.54) is 12.8 Å². The Morgan fingerprint density at radius 2 is 1.76 bits per heavy atom. The van der Waals surface area contributed by atoms with Crippen molar-refractivity contribution in [3.63, 3.8) is 0 Å². The van der Waals surface area contributed by atoms with Crippen molar-refractivity contribution < 1.29 is 33.9 Å². The summed E-state index contributed by atoms with van der Waals surface area (Å²) in [5.41, 5.74) is 2.55. The zero-order chi connectivity index (χ0) is 25.4. The van der Waals surface area contributed by atoms with Crippen LogP contribution in [-0.4, -0.2) is 49.4 Å². The fraction of sp³-hybridized carbons (Fsp3) is 0.600. The summed E-state index contributed by atoms with van der Waals surface area (Å²) in [6, 6.07) is 9.61. The van der Waals surface area contributed by atoms with E-state index in [4.69, 9.17) is 23.7 Å². The summed E-state index contributed by atoms with van der Waals surface area (Å²) in [4.78, 5) is 0. The molecule has 3 aliphatic heterocycles. The molecule has 37 heavy (non-hydrogen) atoms. The van der Waals surface area contributed by atoms with Crippen LogP contribution in [-0.2, 0) is 11.2 Å². The van der Waals surface area contributed by atoms with Crippen molar-refractivity contribution in [2.24, 2.45) is 11.8 Å². The lowest BCUT2D eigenvalue weighted by atomic mass is 9.72. The van der Waals surface area contributed by atoms with E-state index in [2.05, 4.69) is 0 Å². The molecule has 0 spiro atoms. The number of aliphatic hydroxyl groups excluding tert-OH is 2. The van der Waals surface area contributed by atoms with Crippen molar-refractivity contribution in [1.29, 1.82) is 0 Å². The first kappa shape index (κ1) is 24.8. The van der Waals surface area contributed by atoms with Gasteiger partial charge in [0.05, 0.1) is 31.5 Å².